The van der Waals surface area contributed by atoms with Gasteiger partial charge in [0.25, 0.3) is 0 Å². The normalized spacial score (nSPS) is 30.3. The number of rotatable bonds is 11. The molecule has 0 aromatic heterocycles. The van der Waals surface area contributed by atoms with Gasteiger partial charge in [-0.1, -0.05) is 12.2 Å². The van der Waals surface area contributed by atoms with Crippen LogP contribution >= 0.6 is 0 Å². The third kappa shape index (κ3) is 8.86. The SMILES string of the molecule is C[C@@H](NC(O)C(F)(F)F)C(COC1C=CCCC1)OC1=CCC([NH2+]C2CC=C(F)CC2)C(CN)C1. The van der Waals surface area contributed by atoms with Crippen molar-refractivity contribution >= 4 is 0 Å². The van der Waals surface area contributed by atoms with Gasteiger partial charge in [-0.2, -0.15) is 13.2 Å². The van der Waals surface area contributed by atoms with E-state index in [0.29, 0.717) is 44.0 Å². The molecule has 0 aromatic rings. The number of nitrogens with two attached hydrogens (primary N) is 2. The summed E-state index contributed by atoms with van der Waals surface area (Å²) in [6, 6.07) is -0.247. The molecule has 0 radical (unpaired) electrons. The van der Waals surface area contributed by atoms with Gasteiger partial charge in [0, 0.05) is 50.6 Å². The zero-order chi connectivity index (χ0) is 25.4. The van der Waals surface area contributed by atoms with E-state index in [1.54, 1.807) is 13.0 Å². The van der Waals surface area contributed by atoms with Crippen LogP contribution in [-0.2, 0) is 9.47 Å². The van der Waals surface area contributed by atoms with E-state index < -0.39 is 24.6 Å². The van der Waals surface area contributed by atoms with E-state index in [2.05, 4.69) is 10.6 Å². The minimum absolute atomic E-state index is 0.0420. The van der Waals surface area contributed by atoms with Crippen molar-refractivity contribution in [3.8, 4) is 0 Å². The maximum atomic E-state index is 13.3. The second-order valence-corrected chi connectivity index (χ2v) is 9.93. The van der Waals surface area contributed by atoms with Crippen molar-refractivity contribution in [1.82, 2.24) is 5.32 Å². The number of aliphatic hydroxyl groups excluding tert-OH is 1. The van der Waals surface area contributed by atoms with E-state index in [1.165, 1.54) is 0 Å². The van der Waals surface area contributed by atoms with E-state index in [9.17, 15) is 22.7 Å². The molecule has 3 aliphatic carbocycles. The number of quaternary nitrogens is 1. The summed E-state index contributed by atoms with van der Waals surface area (Å²) >= 11 is 0. The smallest absolute Gasteiger partial charge is 0.427 e. The predicted molar refractivity (Wildman–Crippen MR) is 125 cm³/mol. The average molecular weight is 507 g/mol. The Balaban J connectivity index is 1.62. The van der Waals surface area contributed by atoms with E-state index >= 15 is 0 Å². The number of ether oxygens (including phenoxy) is 2. The van der Waals surface area contributed by atoms with E-state index in [0.717, 1.165) is 25.7 Å². The molecule has 10 heteroatoms. The molecule has 0 bridgehead atoms. The van der Waals surface area contributed by atoms with Crippen molar-refractivity contribution in [2.75, 3.05) is 13.2 Å². The molecule has 200 valence electrons. The summed E-state index contributed by atoms with van der Waals surface area (Å²) in [5.74, 6) is 0.778. The van der Waals surface area contributed by atoms with Crippen LogP contribution in [-0.4, -0.2) is 61.0 Å². The molecule has 0 heterocycles. The minimum atomic E-state index is -4.78. The third-order valence-electron chi connectivity index (χ3n) is 7.18. The number of hydrogen-bond acceptors (Lipinski definition) is 5. The van der Waals surface area contributed by atoms with Crippen molar-refractivity contribution in [2.45, 2.75) is 101 Å². The zero-order valence-corrected chi connectivity index (χ0v) is 20.4. The molecule has 6 N–H and O–H groups in total. The van der Waals surface area contributed by atoms with E-state index in [-0.39, 0.29) is 30.5 Å². The van der Waals surface area contributed by atoms with Crippen molar-refractivity contribution in [3.63, 3.8) is 0 Å². The quantitative estimate of drug-likeness (QED) is 0.197. The van der Waals surface area contributed by atoms with Crippen LogP contribution in [0.4, 0.5) is 17.6 Å². The van der Waals surface area contributed by atoms with Crippen molar-refractivity contribution in [2.24, 2.45) is 11.7 Å². The van der Waals surface area contributed by atoms with Crippen LogP contribution in [0, 0.1) is 5.92 Å². The van der Waals surface area contributed by atoms with Gasteiger partial charge in [0.1, 0.15) is 6.10 Å². The summed E-state index contributed by atoms with van der Waals surface area (Å²) in [4.78, 5) is 0. The average Bonchev–Trinajstić information content (AvgIpc) is 2.83. The molecule has 6 nitrogen and oxygen atoms in total. The van der Waals surface area contributed by atoms with Gasteiger partial charge < -0.3 is 25.6 Å². The zero-order valence-electron chi connectivity index (χ0n) is 20.4. The summed E-state index contributed by atoms with van der Waals surface area (Å²) < 4.78 is 64.2. The van der Waals surface area contributed by atoms with Crippen LogP contribution in [0.1, 0.15) is 58.3 Å². The molecule has 0 aliphatic heterocycles. The van der Waals surface area contributed by atoms with Gasteiger partial charge in [-0.15, -0.1) is 0 Å². The van der Waals surface area contributed by atoms with Crippen molar-refractivity contribution < 1.29 is 37.5 Å². The largest absolute Gasteiger partial charge is 0.491 e. The Bertz CT molecular complexity index is 759. The number of aliphatic hydroxyl groups is 1. The highest BCUT2D eigenvalue weighted by Crippen LogP contribution is 2.27. The highest BCUT2D eigenvalue weighted by molar-refractivity contribution is 5.05. The van der Waals surface area contributed by atoms with Crippen LogP contribution in [0.15, 0.2) is 35.9 Å². The summed E-state index contributed by atoms with van der Waals surface area (Å²) in [6.07, 6.45) is 5.50. The summed E-state index contributed by atoms with van der Waals surface area (Å²) in [5, 5.41) is 14.0. The molecule has 6 unspecified atom stereocenters. The van der Waals surface area contributed by atoms with Gasteiger partial charge in [0.2, 0.25) is 6.23 Å². The first-order valence-corrected chi connectivity index (χ1v) is 12.7. The molecule has 0 spiro atoms. The fourth-order valence-electron chi connectivity index (χ4n) is 4.95. The number of nitrogens with one attached hydrogen (secondary N) is 1. The maximum Gasteiger partial charge on any atom is 0.427 e. The van der Waals surface area contributed by atoms with E-state index in [4.69, 9.17) is 15.2 Å². The first kappa shape index (κ1) is 28.1. The predicted octanol–water partition coefficient (Wildman–Crippen LogP) is 2.95. The second-order valence-electron chi connectivity index (χ2n) is 9.93. The summed E-state index contributed by atoms with van der Waals surface area (Å²) in [5.41, 5.74) is 6.07. The molecular formula is C25H40F4N3O3+. The second kappa shape index (κ2) is 13.2. The van der Waals surface area contributed by atoms with Crippen LogP contribution in [0.2, 0.25) is 0 Å². The van der Waals surface area contributed by atoms with Gasteiger partial charge in [-0.3, -0.25) is 5.32 Å². The maximum absolute atomic E-state index is 13.3. The summed E-state index contributed by atoms with van der Waals surface area (Å²) in [6.45, 7) is 2.09. The van der Waals surface area contributed by atoms with Gasteiger partial charge >= 0.3 is 6.18 Å². The van der Waals surface area contributed by atoms with Gasteiger partial charge in [-0.05, 0) is 38.3 Å². The number of halogens is 4. The molecule has 3 rings (SSSR count). The molecule has 35 heavy (non-hydrogen) atoms. The molecule has 0 amide bonds. The lowest BCUT2D eigenvalue weighted by Gasteiger charge is -2.35. The highest BCUT2D eigenvalue weighted by Gasteiger charge is 2.40. The monoisotopic (exact) mass is 506 g/mol. The Morgan fingerprint density at radius 3 is 2.69 bits per heavy atom. The van der Waals surface area contributed by atoms with Gasteiger partial charge in [-0.25, -0.2) is 4.39 Å². The Morgan fingerprint density at radius 2 is 2.06 bits per heavy atom. The Hall–Kier alpha value is -1.46. The molecule has 7 atom stereocenters. The van der Waals surface area contributed by atoms with Crippen molar-refractivity contribution in [3.05, 3.63) is 35.9 Å². The van der Waals surface area contributed by atoms with E-state index in [1.807, 2.05) is 18.2 Å². The van der Waals surface area contributed by atoms with Crippen molar-refractivity contribution in [1.29, 1.82) is 0 Å². The molecule has 0 saturated heterocycles. The first-order chi connectivity index (χ1) is 16.7. The number of hydrogen-bond donors (Lipinski definition) is 4. The lowest BCUT2D eigenvalue weighted by atomic mass is 9.86. The highest BCUT2D eigenvalue weighted by atomic mass is 19.4. The van der Waals surface area contributed by atoms with Crippen LogP contribution in [0.3, 0.4) is 0 Å². The standard InChI is InChI=1S/C25H39F4N3O3/c1-16(31-24(33)25(27,28)29)23(15-34-20-5-3-2-4-6-20)35-21-11-12-22(17(13-21)14-30)32-19-9-7-18(26)8-10-19/h3,5,7,11,16-17,19-20,22-24,31-33H,2,4,6,8-10,12-15,30H2,1H3/p+1/t16-,17?,19?,20?,22?,23?,24?/m1/s1. The number of allylic oxidation sites excluding steroid dienone is 3. The molecular weight excluding hydrogens is 466 g/mol. The van der Waals surface area contributed by atoms with Crippen LogP contribution < -0.4 is 16.4 Å². The van der Waals surface area contributed by atoms with Gasteiger partial charge in [0.05, 0.1) is 36.4 Å². The first-order valence-electron chi connectivity index (χ1n) is 12.7. The fraction of sp³-hybridized carbons (Fsp3) is 0.760. The van der Waals surface area contributed by atoms with Gasteiger partial charge in [0.15, 0.2) is 0 Å². The minimum Gasteiger partial charge on any atom is -0.491 e. The fourth-order valence-corrected chi connectivity index (χ4v) is 4.95. The molecule has 0 fully saturated rings. The lowest BCUT2D eigenvalue weighted by molar-refractivity contribution is -0.727. The molecule has 0 saturated carbocycles. The van der Waals surface area contributed by atoms with Crippen LogP contribution in [0.5, 0.6) is 0 Å². The summed E-state index contributed by atoms with van der Waals surface area (Å²) in [7, 11) is 0. The Kier molecular flexibility index (Phi) is 10.6. The Labute approximate surface area is 205 Å². The van der Waals surface area contributed by atoms with Crippen LogP contribution in [0.25, 0.3) is 0 Å². The Morgan fingerprint density at radius 1 is 1.26 bits per heavy atom. The number of alkyl halides is 3. The molecule has 3 aliphatic rings. The third-order valence-corrected chi connectivity index (χ3v) is 7.18. The lowest BCUT2D eigenvalue weighted by Crippen LogP contribution is -2.96. The topological polar surface area (TPSA) is 93.3 Å². The molecule has 0 aromatic carbocycles.